The number of hydrogen-bond acceptors (Lipinski definition) is 5. The largest absolute Gasteiger partial charge is 0.481 e. The first-order valence-corrected chi connectivity index (χ1v) is 12.1. The number of alkyl halides is 5. The minimum Gasteiger partial charge on any atom is -0.481 e. The van der Waals surface area contributed by atoms with Crippen LogP contribution in [0.4, 0.5) is 13.2 Å². The number of carboxylic acid groups (broad SMARTS) is 2. The number of rotatable bonds is 9. The second-order valence-corrected chi connectivity index (χ2v) is 9.89. The third-order valence-electron chi connectivity index (χ3n) is 5.54. The molecule has 1 aromatic rings. The Kier molecular flexibility index (Phi) is 11.7. The molecule has 0 amide bonds. The smallest absolute Gasteiger partial charge is 0.401 e. The minimum atomic E-state index is -4.20. The Morgan fingerprint density at radius 1 is 1.00 bits per heavy atom. The van der Waals surface area contributed by atoms with E-state index in [0.717, 1.165) is 37.1 Å². The molecular weight excluding hydrogens is 522 g/mol. The van der Waals surface area contributed by atoms with Crippen molar-refractivity contribution >= 4 is 35.1 Å². The summed E-state index contributed by atoms with van der Waals surface area (Å²) in [5.41, 5.74) is 4.35. The van der Waals surface area contributed by atoms with Gasteiger partial charge >= 0.3 is 18.1 Å². The Hall–Kier alpha value is -2.11. The number of carboxylic acids is 2. The summed E-state index contributed by atoms with van der Waals surface area (Å²) < 4.78 is 35.6. The van der Waals surface area contributed by atoms with Crippen LogP contribution in [0.2, 0.25) is 0 Å². The van der Waals surface area contributed by atoms with Crippen LogP contribution in [-0.2, 0) is 22.7 Å². The van der Waals surface area contributed by atoms with Crippen molar-refractivity contribution in [2.75, 3.05) is 19.6 Å². The average Bonchev–Trinajstić information content (AvgIpc) is 3.03. The van der Waals surface area contributed by atoms with Gasteiger partial charge in [-0.15, -0.1) is 0 Å². The Labute approximate surface area is 217 Å². The van der Waals surface area contributed by atoms with Crippen LogP contribution in [0.25, 0.3) is 0 Å². The number of aliphatic carboxylic acids is 2. The van der Waals surface area contributed by atoms with Crippen molar-refractivity contribution in [2.24, 2.45) is 0 Å². The molecule has 1 aliphatic carbocycles. The number of benzene rings is 1. The summed E-state index contributed by atoms with van der Waals surface area (Å²) in [6.07, 6.45) is 0.923. The lowest BCUT2D eigenvalue weighted by atomic mass is 9.88. The molecule has 1 unspecified atom stereocenters. The third kappa shape index (κ3) is 10.9. The fraction of sp³-hybridized carbons (Fsp3) is 0.500. The zero-order valence-electron chi connectivity index (χ0n) is 19.5. The van der Waals surface area contributed by atoms with Gasteiger partial charge in [0, 0.05) is 13.1 Å². The number of allylic oxidation sites excluding steroid dienone is 1. The molecule has 1 aromatic carbocycles. The Morgan fingerprint density at radius 2 is 1.56 bits per heavy atom. The van der Waals surface area contributed by atoms with E-state index in [1.54, 1.807) is 0 Å². The zero-order chi connectivity index (χ0) is 26.8. The van der Waals surface area contributed by atoms with Gasteiger partial charge in [-0.1, -0.05) is 53.5 Å². The van der Waals surface area contributed by atoms with Crippen molar-refractivity contribution in [3.63, 3.8) is 0 Å². The minimum absolute atomic E-state index is 0.177. The zero-order valence-corrected chi connectivity index (χ0v) is 21.0. The number of nitrogens with one attached hydrogen (secondary N) is 3. The molecule has 5 N–H and O–H groups in total. The van der Waals surface area contributed by atoms with E-state index in [4.69, 9.17) is 33.4 Å². The van der Waals surface area contributed by atoms with Gasteiger partial charge in [-0.3, -0.25) is 9.59 Å². The highest BCUT2D eigenvalue weighted by molar-refractivity contribution is 6.50. The summed E-state index contributed by atoms with van der Waals surface area (Å²) in [6.45, 7) is 1.59. The second kappa shape index (κ2) is 14.0. The van der Waals surface area contributed by atoms with E-state index in [1.807, 2.05) is 36.4 Å². The Morgan fingerprint density at radius 3 is 2.11 bits per heavy atom. The van der Waals surface area contributed by atoms with Crippen molar-refractivity contribution in [3.05, 3.63) is 58.7 Å². The van der Waals surface area contributed by atoms with Crippen LogP contribution < -0.4 is 16.0 Å². The van der Waals surface area contributed by atoms with Crippen molar-refractivity contribution in [1.29, 1.82) is 0 Å². The van der Waals surface area contributed by atoms with E-state index in [0.29, 0.717) is 6.54 Å². The molecule has 0 aromatic heterocycles. The first-order chi connectivity index (χ1) is 16.9. The van der Waals surface area contributed by atoms with Gasteiger partial charge in [0.1, 0.15) is 0 Å². The van der Waals surface area contributed by atoms with E-state index < -0.39 is 29.0 Å². The van der Waals surface area contributed by atoms with E-state index in [9.17, 15) is 22.8 Å². The maximum atomic E-state index is 12.2. The maximum absolute atomic E-state index is 12.2. The fourth-order valence-corrected chi connectivity index (χ4v) is 4.31. The lowest BCUT2D eigenvalue weighted by Crippen LogP contribution is -2.45. The molecule has 200 valence electrons. The first kappa shape index (κ1) is 30.1. The van der Waals surface area contributed by atoms with Crippen molar-refractivity contribution in [2.45, 2.75) is 55.3 Å². The molecule has 0 fully saturated rings. The maximum Gasteiger partial charge on any atom is 0.401 e. The van der Waals surface area contributed by atoms with Crippen molar-refractivity contribution in [1.82, 2.24) is 16.0 Å². The summed E-state index contributed by atoms with van der Waals surface area (Å²) in [7, 11) is 0. The molecule has 0 spiro atoms. The van der Waals surface area contributed by atoms with Crippen molar-refractivity contribution in [3.8, 4) is 0 Å². The highest BCUT2D eigenvalue weighted by atomic mass is 35.5. The molecular formula is C24H30Cl2F3N3O4. The fourth-order valence-electron chi connectivity index (χ4n) is 3.77. The molecule has 1 atom stereocenters. The molecule has 0 saturated heterocycles. The van der Waals surface area contributed by atoms with Gasteiger partial charge in [0.15, 0.2) is 4.33 Å². The van der Waals surface area contributed by atoms with Crippen LogP contribution >= 0.6 is 23.2 Å². The number of carbonyl (C=O) groups is 2. The summed E-state index contributed by atoms with van der Waals surface area (Å²) >= 11 is 13.1. The quantitative estimate of drug-likeness (QED) is 0.293. The standard InChI is InChI=1S/C20H24Cl2F3N3.C4H6O4/c21-19(22)8-5-16-6-9-26-10-7-17(16)18(19)28-12-15-3-1-14(2-4-15)11-27-13-20(23,24)25;5-3(6)1-2-4(7)8/h1-5,8,18,26-28H,6-7,9-13H2;1-2H2,(H,5,6)(H,7,8). The molecule has 1 aliphatic heterocycles. The lowest BCUT2D eigenvalue weighted by Gasteiger charge is -2.35. The van der Waals surface area contributed by atoms with E-state index in [-0.39, 0.29) is 25.4 Å². The molecule has 36 heavy (non-hydrogen) atoms. The van der Waals surface area contributed by atoms with Gasteiger partial charge in [-0.05, 0) is 54.3 Å². The number of halogens is 5. The molecule has 7 nitrogen and oxygen atoms in total. The van der Waals surface area contributed by atoms with Crippen LogP contribution in [0.15, 0.2) is 47.6 Å². The topological polar surface area (TPSA) is 111 Å². The first-order valence-electron chi connectivity index (χ1n) is 11.4. The molecule has 0 saturated carbocycles. The lowest BCUT2D eigenvalue weighted by molar-refractivity contribution is -0.143. The van der Waals surface area contributed by atoms with E-state index in [1.165, 1.54) is 11.1 Å². The van der Waals surface area contributed by atoms with Crippen LogP contribution in [-0.4, -0.2) is 58.3 Å². The SMILES string of the molecule is FC(F)(F)CNCc1ccc(CNC2C3=C(C=CC2(Cl)Cl)CCNCC3)cc1.O=C(O)CCC(=O)O. The van der Waals surface area contributed by atoms with Crippen LogP contribution in [0.1, 0.15) is 36.8 Å². The molecule has 3 rings (SSSR count). The summed E-state index contributed by atoms with van der Waals surface area (Å²) in [6, 6.07) is 7.30. The molecule has 0 bridgehead atoms. The number of hydrogen-bond donors (Lipinski definition) is 5. The summed E-state index contributed by atoms with van der Waals surface area (Å²) in [5, 5.41) is 25.1. The monoisotopic (exact) mass is 551 g/mol. The van der Waals surface area contributed by atoms with Gasteiger partial charge in [0.05, 0.1) is 25.4 Å². The van der Waals surface area contributed by atoms with E-state index in [2.05, 4.69) is 16.0 Å². The van der Waals surface area contributed by atoms with E-state index >= 15 is 0 Å². The van der Waals surface area contributed by atoms with Gasteiger partial charge in [-0.25, -0.2) is 0 Å². The average molecular weight is 552 g/mol. The van der Waals surface area contributed by atoms with Gasteiger partial charge in [-0.2, -0.15) is 13.2 Å². The highest BCUT2D eigenvalue weighted by Gasteiger charge is 2.38. The predicted molar refractivity (Wildman–Crippen MR) is 132 cm³/mol. The van der Waals surface area contributed by atoms with Gasteiger partial charge in [0.2, 0.25) is 0 Å². The highest BCUT2D eigenvalue weighted by Crippen LogP contribution is 2.39. The van der Waals surface area contributed by atoms with Crippen LogP contribution in [0, 0.1) is 0 Å². The normalized spacial score (nSPS) is 19.1. The summed E-state index contributed by atoms with van der Waals surface area (Å²) in [4.78, 5) is 19.3. The van der Waals surface area contributed by atoms with Gasteiger partial charge in [0.25, 0.3) is 0 Å². The van der Waals surface area contributed by atoms with Crippen LogP contribution in [0.5, 0.6) is 0 Å². The Bertz CT molecular complexity index is 937. The predicted octanol–water partition coefficient (Wildman–Crippen LogP) is 4.16. The molecule has 1 heterocycles. The van der Waals surface area contributed by atoms with Gasteiger partial charge < -0.3 is 26.2 Å². The third-order valence-corrected chi connectivity index (χ3v) is 6.22. The molecule has 2 aliphatic rings. The summed E-state index contributed by atoms with van der Waals surface area (Å²) in [5.74, 6) is -2.15. The second-order valence-electron chi connectivity index (χ2n) is 8.44. The molecule has 0 radical (unpaired) electrons. The Balaban J connectivity index is 0.000000493. The molecule has 12 heteroatoms. The van der Waals surface area contributed by atoms with Crippen molar-refractivity contribution < 1.29 is 33.0 Å². The van der Waals surface area contributed by atoms with Crippen LogP contribution in [0.3, 0.4) is 0 Å².